The number of aromatic nitrogens is 4. The van der Waals surface area contributed by atoms with Gasteiger partial charge in [-0.3, -0.25) is 5.10 Å². The Morgan fingerprint density at radius 3 is 2.54 bits per heavy atom. The van der Waals surface area contributed by atoms with Crippen molar-refractivity contribution in [2.24, 2.45) is 0 Å². The number of H-pyrrole nitrogens is 1. The van der Waals surface area contributed by atoms with Crippen LogP contribution < -0.4 is 0 Å². The first-order valence-corrected chi connectivity index (χ1v) is 4.24. The Morgan fingerprint density at radius 1 is 1.31 bits per heavy atom. The van der Waals surface area contributed by atoms with Crippen molar-refractivity contribution in [3.05, 3.63) is 35.7 Å². The second-order valence-corrected chi connectivity index (χ2v) is 3.13. The number of nitrogens with zero attached hydrogens (tertiary/aromatic N) is 3. The summed E-state index contributed by atoms with van der Waals surface area (Å²) in [7, 11) is 0. The maximum Gasteiger partial charge on any atom is 0.144 e. The lowest BCUT2D eigenvalue weighted by atomic mass is 10.5. The highest BCUT2D eigenvalue weighted by molar-refractivity contribution is 5.14. The van der Waals surface area contributed by atoms with E-state index in [-0.39, 0.29) is 0 Å². The minimum atomic E-state index is 0.769. The third-order valence-corrected chi connectivity index (χ3v) is 2.19. The van der Waals surface area contributed by atoms with Gasteiger partial charge in [0, 0.05) is 11.4 Å². The zero-order chi connectivity index (χ0) is 9.26. The standard InChI is InChI=1S/C9H12N4/c1-7-3-4-8(2)13(7)5-9-10-6-11-12-9/h3-4,6H,5H2,1-2H3,(H,10,11,12). The molecule has 1 N–H and O–H groups in total. The van der Waals surface area contributed by atoms with Crippen molar-refractivity contribution >= 4 is 0 Å². The highest BCUT2D eigenvalue weighted by Gasteiger charge is 2.02. The predicted octanol–water partition coefficient (Wildman–Crippen LogP) is 1.27. The van der Waals surface area contributed by atoms with Crippen LogP contribution in [0.2, 0.25) is 0 Å². The van der Waals surface area contributed by atoms with E-state index in [9.17, 15) is 0 Å². The Bertz CT molecular complexity index is 366. The summed E-state index contributed by atoms with van der Waals surface area (Å²) in [6.07, 6.45) is 1.53. The van der Waals surface area contributed by atoms with Crippen molar-refractivity contribution in [1.29, 1.82) is 0 Å². The van der Waals surface area contributed by atoms with Gasteiger partial charge in [-0.2, -0.15) is 5.10 Å². The van der Waals surface area contributed by atoms with E-state index in [0.29, 0.717) is 0 Å². The number of hydrogen-bond donors (Lipinski definition) is 1. The summed E-state index contributed by atoms with van der Waals surface area (Å²) in [6.45, 7) is 4.94. The lowest BCUT2D eigenvalue weighted by molar-refractivity contribution is 0.711. The van der Waals surface area contributed by atoms with Crippen molar-refractivity contribution in [2.45, 2.75) is 20.4 Å². The van der Waals surface area contributed by atoms with Gasteiger partial charge in [-0.25, -0.2) is 4.98 Å². The highest BCUT2D eigenvalue weighted by atomic mass is 15.2. The van der Waals surface area contributed by atoms with Crippen molar-refractivity contribution in [2.75, 3.05) is 0 Å². The van der Waals surface area contributed by atoms with Crippen LogP contribution in [0.3, 0.4) is 0 Å². The van der Waals surface area contributed by atoms with Crippen LogP contribution in [0.25, 0.3) is 0 Å². The molecule has 0 radical (unpaired) electrons. The zero-order valence-corrected chi connectivity index (χ0v) is 7.78. The molecule has 2 rings (SSSR count). The molecule has 0 amide bonds. The minimum Gasteiger partial charge on any atom is -0.342 e. The minimum absolute atomic E-state index is 0.769. The van der Waals surface area contributed by atoms with E-state index in [1.165, 1.54) is 17.7 Å². The number of aryl methyl sites for hydroxylation is 2. The Balaban J connectivity index is 2.27. The third-order valence-electron chi connectivity index (χ3n) is 2.19. The van der Waals surface area contributed by atoms with Crippen LogP contribution >= 0.6 is 0 Å². The van der Waals surface area contributed by atoms with Crippen LogP contribution in [0.1, 0.15) is 17.2 Å². The maximum atomic E-state index is 4.09. The largest absolute Gasteiger partial charge is 0.342 e. The molecule has 2 heterocycles. The number of rotatable bonds is 2. The fraction of sp³-hybridized carbons (Fsp3) is 0.333. The van der Waals surface area contributed by atoms with E-state index in [1.54, 1.807) is 0 Å². The quantitative estimate of drug-likeness (QED) is 0.749. The molecule has 4 nitrogen and oxygen atoms in total. The molecule has 0 unspecified atom stereocenters. The normalized spacial score (nSPS) is 10.6. The van der Waals surface area contributed by atoms with E-state index in [2.05, 4.69) is 45.7 Å². The molecule has 0 aliphatic heterocycles. The summed E-state index contributed by atoms with van der Waals surface area (Å²) in [4.78, 5) is 4.09. The Hall–Kier alpha value is -1.58. The smallest absolute Gasteiger partial charge is 0.144 e. The summed E-state index contributed by atoms with van der Waals surface area (Å²) < 4.78 is 2.19. The second-order valence-electron chi connectivity index (χ2n) is 3.13. The third kappa shape index (κ3) is 1.47. The number of aromatic amines is 1. The van der Waals surface area contributed by atoms with Gasteiger partial charge in [-0.05, 0) is 26.0 Å². The first-order chi connectivity index (χ1) is 6.27. The molecule has 13 heavy (non-hydrogen) atoms. The highest BCUT2D eigenvalue weighted by Crippen LogP contribution is 2.08. The molecule has 4 heteroatoms. The van der Waals surface area contributed by atoms with E-state index < -0.39 is 0 Å². The summed E-state index contributed by atoms with van der Waals surface area (Å²) in [6, 6.07) is 4.21. The molecule has 0 fully saturated rings. The number of hydrogen-bond acceptors (Lipinski definition) is 2. The molecule has 0 spiro atoms. The first-order valence-electron chi connectivity index (χ1n) is 4.24. The van der Waals surface area contributed by atoms with E-state index in [4.69, 9.17) is 0 Å². The van der Waals surface area contributed by atoms with Gasteiger partial charge >= 0.3 is 0 Å². The van der Waals surface area contributed by atoms with Crippen molar-refractivity contribution < 1.29 is 0 Å². The topological polar surface area (TPSA) is 46.5 Å². The summed E-state index contributed by atoms with van der Waals surface area (Å²) >= 11 is 0. The van der Waals surface area contributed by atoms with Gasteiger partial charge < -0.3 is 4.57 Å². The fourth-order valence-electron chi connectivity index (χ4n) is 1.41. The van der Waals surface area contributed by atoms with Gasteiger partial charge in [0.25, 0.3) is 0 Å². The van der Waals surface area contributed by atoms with Gasteiger partial charge in [-0.15, -0.1) is 0 Å². The molecule has 0 aromatic carbocycles. The van der Waals surface area contributed by atoms with Crippen LogP contribution in [-0.4, -0.2) is 19.7 Å². The van der Waals surface area contributed by atoms with Crippen LogP contribution in [0.4, 0.5) is 0 Å². The van der Waals surface area contributed by atoms with Crippen LogP contribution in [-0.2, 0) is 6.54 Å². The Kier molecular flexibility index (Phi) is 1.88. The summed E-state index contributed by atoms with van der Waals surface area (Å²) in [5.41, 5.74) is 2.49. The molecule has 68 valence electrons. The van der Waals surface area contributed by atoms with Crippen LogP contribution in [0, 0.1) is 13.8 Å². The molecule has 0 aliphatic rings. The van der Waals surface area contributed by atoms with Crippen LogP contribution in [0.15, 0.2) is 18.5 Å². The van der Waals surface area contributed by atoms with Gasteiger partial charge in [0.05, 0.1) is 6.54 Å². The predicted molar refractivity (Wildman–Crippen MR) is 49.4 cm³/mol. The zero-order valence-electron chi connectivity index (χ0n) is 7.78. The molecule has 0 saturated heterocycles. The molecule has 0 atom stereocenters. The Morgan fingerprint density at radius 2 is 2.00 bits per heavy atom. The van der Waals surface area contributed by atoms with E-state index in [0.717, 1.165) is 12.4 Å². The monoisotopic (exact) mass is 176 g/mol. The van der Waals surface area contributed by atoms with Crippen molar-refractivity contribution in [3.8, 4) is 0 Å². The molecule has 2 aromatic heterocycles. The van der Waals surface area contributed by atoms with E-state index >= 15 is 0 Å². The van der Waals surface area contributed by atoms with Crippen molar-refractivity contribution in [3.63, 3.8) is 0 Å². The molecule has 0 saturated carbocycles. The molecule has 0 bridgehead atoms. The Labute approximate surface area is 76.6 Å². The summed E-state index contributed by atoms with van der Waals surface area (Å²) in [5.74, 6) is 0.891. The average Bonchev–Trinajstić information content (AvgIpc) is 2.70. The molecular formula is C9H12N4. The van der Waals surface area contributed by atoms with Crippen LogP contribution in [0.5, 0.6) is 0 Å². The van der Waals surface area contributed by atoms with Gasteiger partial charge in [0.1, 0.15) is 12.2 Å². The van der Waals surface area contributed by atoms with Gasteiger partial charge in [0.2, 0.25) is 0 Å². The second kappa shape index (κ2) is 3.05. The average molecular weight is 176 g/mol. The lowest BCUT2D eigenvalue weighted by Crippen LogP contribution is -2.04. The van der Waals surface area contributed by atoms with E-state index in [1.807, 2.05) is 0 Å². The SMILES string of the molecule is Cc1ccc(C)n1Cc1ncn[nH]1. The lowest BCUT2D eigenvalue weighted by Gasteiger charge is -2.05. The molecule has 0 aliphatic carbocycles. The van der Waals surface area contributed by atoms with Gasteiger partial charge in [0.15, 0.2) is 0 Å². The summed E-state index contributed by atoms with van der Waals surface area (Å²) in [5, 5.41) is 6.66. The number of nitrogens with one attached hydrogen (secondary N) is 1. The molecule has 2 aromatic rings. The molecular weight excluding hydrogens is 164 g/mol. The van der Waals surface area contributed by atoms with Crippen molar-refractivity contribution in [1.82, 2.24) is 19.7 Å². The maximum absolute atomic E-state index is 4.09. The van der Waals surface area contributed by atoms with Gasteiger partial charge in [-0.1, -0.05) is 0 Å². The first kappa shape index (κ1) is 8.04. The fourth-order valence-corrected chi connectivity index (χ4v) is 1.41.